The van der Waals surface area contributed by atoms with Gasteiger partial charge in [-0.05, 0) is 106 Å². The van der Waals surface area contributed by atoms with Crippen molar-refractivity contribution >= 4 is 94.6 Å². The van der Waals surface area contributed by atoms with Gasteiger partial charge in [0, 0.05) is 19.5 Å². The first kappa shape index (κ1) is 69.9. The zero-order valence-corrected chi connectivity index (χ0v) is 47.0. The van der Waals surface area contributed by atoms with Gasteiger partial charge in [0.15, 0.2) is 11.9 Å². The Morgan fingerprint density at radius 3 is 1.26 bits per heavy atom. The van der Waals surface area contributed by atoms with Gasteiger partial charge in [-0.25, -0.2) is 4.79 Å². The summed E-state index contributed by atoms with van der Waals surface area (Å²) in [6, 6.07) is -11.4. The van der Waals surface area contributed by atoms with Gasteiger partial charge in [0.2, 0.25) is 47.3 Å². The topological polar surface area (TPSA) is 462 Å². The molecule has 0 heterocycles. The molecule has 0 saturated carbocycles. The zero-order valence-electron chi connectivity index (χ0n) is 45.4. The average molecular weight is 1120 g/mol. The van der Waals surface area contributed by atoms with Crippen LogP contribution in [0.5, 0.6) is 0 Å². The molecule has 29 heteroatoms. The molecule has 0 spiro atoms. The zero-order chi connectivity index (χ0) is 58.2. The predicted octanol–water partition coefficient (Wildman–Crippen LogP) is -2.48. The van der Waals surface area contributed by atoms with Crippen molar-refractivity contribution in [2.75, 3.05) is 37.1 Å². The number of carboxylic acids is 2. The average Bonchev–Trinajstić information content (AvgIpc) is 3.32. The van der Waals surface area contributed by atoms with Crippen LogP contribution in [0.2, 0.25) is 0 Å². The lowest BCUT2D eigenvalue weighted by atomic mass is 9.98. The van der Waals surface area contributed by atoms with Gasteiger partial charge in [-0.15, -0.1) is 0 Å². The van der Waals surface area contributed by atoms with Crippen LogP contribution in [0, 0.1) is 17.8 Å². The van der Waals surface area contributed by atoms with Crippen LogP contribution in [-0.4, -0.2) is 173 Å². The first-order valence-corrected chi connectivity index (χ1v) is 28.0. The van der Waals surface area contributed by atoms with E-state index in [1.54, 1.807) is 34.0 Å². The third-order valence-corrected chi connectivity index (χ3v) is 12.6. The molecule has 0 aromatic carbocycles. The lowest BCUT2D eigenvalue weighted by Gasteiger charge is -2.29. The molecule has 76 heavy (non-hydrogen) atoms. The monoisotopic (exact) mass is 1120 g/mol. The maximum Gasteiger partial charge on any atom is 0.326 e. The predicted molar refractivity (Wildman–Crippen MR) is 293 cm³/mol. The molecule has 9 atom stereocenters. The molecule has 0 aliphatic heterocycles. The number of hydrogen-bond acceptors (Lipinski definition) is 15. The molecule has 20 N–H and O–H groups in total. The van der Waals surface area contributed by atoms with Gasteiger partial charge < -0.3 is 81.4 Å². The first-order chi connectivity index (χ1) is 35.5. The SMILES string of the molecule is CSCC[C@H](NC(=O)[C@H](CCCN=C(N)N)NC(=O)[C@H](CC(C)C)NC(=O)[C@@H](NC(=O)[C@H](CCC(=O)O)NC(=O)[C@H](CCCN=C(N)N)NC(=O)[C@H](C)NC(=O)[C@H](CC(C)C)NC(=O)[C@@H](N)CCSC)C(C)C)C(=O)O. The number of nitrogens with one attached hydrogen (secondary N) is 8. The standard InChI is InChI=1S/C47H87N15O12S2/c1-24(2)22-33(60-38(66)28(48)16-20-75-8)42(70)55-27(7)37(65)56-29(12-10-18-53-46(49)50)39(67)58-31(14-15-35(63)64)41(69)62-36(26(5)6)44(72)61-34(23-25(3)4)43(71)57-30(13-11-19-54-47(51)52)40(68)59-32(45(73)74)17-21-76-9/h24-34,36H,10-23,48H2,1-9H3,(H,55,70)(H,56,65)(H,57,71)(H,58,67)(H,59,68)(H,60,66)(H,61,72)(H,62,69)(H,63,64)(H,73,74)(H4,49,50,53)(H4,51,52,54)/t27-,28-,29-,30-,31-,32-,33-,34-,36-/m0/s1. The van der Waals surface area contributed by atoms with Gasteiger partial charge in [-0.1, -0.05) is 41.5 Å². The highest BCUT2D eigenvalue weighted by Crippen LogP contribution is 2.13. The number of nitrogens with two attached hydrogens (primary N) is 5. The normalized spacial score (nSPS) is 14.7. The van der Waals surface area contributed by atoms with Crippen molar-refractivity contribution in [3.63, 3.8) is 0 Å². The summed E-state index contributed by atoms with van der Waals surface area (Å²) in [5.74, 6) is -9.37. The fourth-order valence-electron chi connectivity index (χ4n) is 7.18. The van der Waals surface area contributed by atoms with E-state index in [-0.39, 0.29) is 81.8 Å². The van der Waals surface area contributed by atoms with Gasteiger partial charge in [-0.2, -0.15) is 23.5 Å². The van der Waals surface area contributed by atoms with Crippen molar-refractivity contribution in [2.45, 2.75) is 167 Å². The number of carbonyl (C=O) groups is 10. The lowest BCUT2D eigenvalue weighted by Crippen LogP contribution is -2.61. The fraction of sp³-hybridized carbons (Fsp3) is 0.745. The fourth-order valence-corrected chi connectivity index (χ4v) is 8.14. The van der Waals surface area contributed by atoms with Crippen LogP contribution in [0.15, 0.2) is 9.98 Å². The van der Waals surface area contributed by atoms with Crippen molar-refractivity contribution < 1.29 is 58.2 Å². The third kappa shape index (κ3) is 29.8. The molecular formula is C47H87N15O12S2. The van der Waals surface area contributed by atoms with E-state index in [1.165, 1.54) is 30.4 Å². The Morgan fingerprint density at radius 2 is 0.842 bits per heavy atom. The second kappa shape index (κ2) is 37.6. The highest BCUT2D eigenvalue weighted by molar-refractivity contribution is 7.98. The van der Waals surface area contributed by atoms with Crippen molar-refractivity contribution in [3.8, 4) is 0 Å². The maximum atomic E-state index is 14.1. The Bertz CT molecular complexity index is 1970. The Morgan fingerprint density at radius 1 is 0.461 bits per heavy atom. The lowest BCUT2D eigenvalue weighted by molar-refractivity contribution is -0.142. The molecule has 0 radical (unpaired) electrons. The second-order valence-corrected chi connectivity index (χ2v) is 21.4. The maximum absolute atomic E-state index is 14.1. The summed E-state index contributed by atoms with van der Waals surface area (Å²) in [6.45, 7) is 11.9. The number of hydrogen-bond donors (Lipinski definition) is 15. The molecule has 0 aromatic heterocycles. The highest BCUT2D eigenvalue weighted by Gasteiger charge is 2.36. The minimum atomic E-state index is -1.60. The number of thioether (sulfide) groups is 2. The summed E-state index contributed by atoms with van der Waals surface area (Å²) in [6.07, 6.45) is 3.44. The number of rotatable bonds is 39. The van der Waals surface area contributed by atoms with E-state index < -0.39 is 132 Å². The summed E-state index contributed by atoms with van der Waals surface area (Å²) in [7, 11) is 0. The number of aliphatic imine (C=N–C) groups is 2. The molecule has 0 aromatic rings. The van der Waals surface area contributed by atoms with E-state index in [4.69, 9.17) is 28.7 Å². The second-order valence-electron chi connectivity index (χ2n) is 19.4. The Kier molecular flexibility index (Phi) is 34.6. The van der Waals surface area contributed by atoms with E-state index in [1.807, 2.05) is 20.1 Å². The molecule has 0 aliphatic rings. The number of amides is 8. The quantitative estimate of drug-likeness (QED) is 0.0172. The van der Waals surface area contributed by atoms with Crippen LogP contribution in [0.25, 0.3) is 0 Å². The molecule has 0 rings (SSSR count). The molecular weight excluding hydrogens is 1030 g/mol. The van der Waals surface area contributed by atoms with Crippen LogP contribution in [0.4, 0.5) is 0 Å². The summed E-state index contributed by atoms with van der Waals surface area (Å²) in [5, 5.41) is 40.0. The minimum Gasteiger partial charge on any atom is -0.481 e. The molecule has 0 unspecified atom stereocenters. The largest absolute Gasteiger partial charge is 0.481 e. The van der Waals surface area contributed by atoms with Gasteiger partial charge in [0.1, 0.15) is 48.3 Å². The molecule has 8 amide bonds. The van der Waals surface area contributed by atoms with Crippen LogP contribution in [0.1, 0.15) is 113 Å². The van der Waals surface area contributed by atoms with Crippen molar-refractivity contribution in [3.05, 3.63) is 0 Å². The van der Waals surface area contributed by atoms with Crippen molar-refractivity contribution in [1.29, 1.82) is 0 Å². The van der Waals surface area contributed by atoms with Gasteiger partial charge in [-0.3, -0.25) is 53.1 Å². The Labute approximate surface area is 454 Å². The number of nitrogens with zero attached hydrogens (tertiary/aromatic N) is 2. The smallest absolute Gasteiger partial charge is 0.326 e. The van der Waals surface area contributed by atoms with Crippen LogP contribution >= 0.6 is 23.5 Å². The highest BCUT2D eigenvalue weighted by atomic mass is 32.2. The number of carbonyl (C=O) groups excluding carboxylic acids is 8. The van der Waals surface area contributed by atoms with E-state index in [2.05, 4.69) is 52.5 Å². The van der Waals surface area contributed by atoms with E-state index >= 15 is 0 Å². The minimum absolute atomic E-state index is 0.0185. The Balaban J connectivity index is 6.69. The number of guanidine groups is 2. The van der Waals surface area contributed by atoms with Gasteiger partial charge in [0.25, 0.3) is 0 Å². The van der Waals surface area contributed by atoms with E-state index in [0.717, 1.165) is 0 Å². The van der Waals surface area contributed by atoms with Crippen LogP contribution < -0.4 is 71.2 Å². The summed E-state index contributed by atoms with van der Waals surface area (Å²) in [5.41, 5.74) is 27.9. The van der Waals surface area contributed by atoms with Gasteiger partial charge >= 0.3 is 11.9 Å². The number of aliphatic carboxylic acids is 2. The van der Waals surface area contributed by atoms with Gasteiger partial charge in [0.05, 0.1) is 6.04 Å². The molecule has 0 aliphatic carbocycles. The molecule has 27 nitrogen and oxygen atoms in total. The molecule has 0 fully saturated rings. The molecule has 434 valence electrons. The summed E-state index contributed by atoms with van der Waals surface area (Å²) < 4.78 is 0. The van der Waals surface area contributed by atoms with Crippen molar-refractivity contribution in [1.82, 2.24) is 42.5 Å². The van der Waals surface area contributed by atoms with Crippen molar-refractivity contribution in [2.24, 2.45) is 56.4 Å². The van der Waals surface area contributed by atoms with E-state index in [0.29, 0.717) is 17.9 Å². The summed E-state index contributed by atoms with van der Waals surface area (Å²) in [4.78, 5) is 141. The third-order valence-electron chi connectivity index (χ3n) is 11.3. The van der Waals surface area contributed by atoms with E-state index in [9.17, 15) is 58.2 Å². The molecule has 0 saturated heterocycles. The molecule has 0 bridgehead atoms. The number of carboxylic acid groups (broad SMARTS) is 2. The van der Waals surface area contributed by atoms with Crippen LogP contribution in [-0.2, 0) is 47.9 Å². The van der Waals surface area contributed by atoms with Crippen LogP contribution in [0.3, 0.4) is 0 Å². The first-order valence-electron chi connectivity index (χ1n) is 25.3. The summed E-state index contributed by atoms with van der Waals surface area (Å²) >= 11 is 2.89. The Hall–Kier alpha value is -6.10.